The summed E-state index contributed by atoms with van der Waals surface area (Å²) in [6.45, 7) is 0. The minimum Gasteiger partial charge on any atom is -0.309 e. The molecule has 0 aliphatic heterocycles. The van der Waals surface area contributed by atoms with Crippen molar-refractivity contribution < 1.29 is 0 Å². The molecule has 0 spiro atoms. The number of aromatic nitrogens is 1. The highest BCUT2D eigenvalue weighted by atomic mass is 35.5. The van der Waals surface area contributed by atoms with Gasteiger partial charge in [-0.05, 0) is 46.8 Å². The maximum absolute atomic E-state index is 6.26. The first kappa shape index (κ1) is 17.3. The maximum Gasteiger partial charge on any atom is 0.0619 e. The van der Waals surface area contributed by atoms with Gasteiger partial charge in [-0.1, -0.05) is 90.5 Å². The van der Waals surface area contributed by atoms with Crippen LogP contribution in [-0.2, 0) is 0 Å². The van der Waals surface area contributed by atoms with Crippen molar-refractivity contribution in [3.63, 3.8) is 0 Å². The molecule has 0 unspecified atom stereocenters. The van der Waals surface area contributed by atoms with E-state index in [9.17, 15) is 0 Å². The van der Waals surface area contributed by atoms with Gasteiger partial charge in [0, 0.05) is 26.9 Å². The van der Waals surface area contributed by atoms with Crippen LogP contribution in [0.4, 0.5) is 0 Å². The molecule has 0 atom stereocenters. The lowest BCUT2D eigenvalue weighted by molar-refractivity contribution is 1.19. The van der Waals surface area contributed by atoms with E-state index in [4.69, 9.17) is 11.6 Å². The van der Waals surface area contributed by atoms with Crippen molar-refractivity contribution in [3.8, 4) is 16.8 Å². The monoisotopic (exact) mass is 403 g/mol. The van der Waals surface area contributed by atoms with E-state index >= 15 is 0 Å². The van der Waals surface area contributed by atoms with Crippen LogP contribution in [0.1, 0.15) is 0 Å². The summed E-state index contributed by atoms with van der Waals surface area (Å²) in [6, 6.07) is 38.4. The van der Waals surface area contributed by atoms with Crippen LogP contribution in [0.15, 0.2) is 109 Å². The molecular weight excluding hydrogens is 386 g/mol. The zero-order valence-corrected chi connectivity index (χ0v) is 17.0. The zero-order chi connectivity index (χ0) is 20.1. The number of rotatable bonds is 2. The Labute approximate surface area is 179 Å². The molecule has 1 heterocycles. The van der Waals surface area contributed by atoms with E-state index in [1.54, 1.807) is 0 Å². The summed E-state index contributed by atoms with van der Waals surface area (Å²) in [7, 11) is 0. The number of hydrogen-bond donors (Lipinski definition) is 0. The highest BCUT2D eigenvalue weighted by Gasteiger charge is 2.15. The van der Waals surface area contributed by atoms with Crippen LogP contribution < -0.4 is 0 Å². The Kier molecular flexibility index (Phi) is 3.90. The van der Waals surface area contributed by atoms with Gasteiger partial charge >= 0.3 is 0 Å². The van der Waals surface area contributed by atoms with Crippen molar-refractivity contribution in [1.29, 1.82) is 0 Å². The molecule has 2 heteroatoms. The number of halogens is 1. The normalized spacial score (nSPS) is 11.5. The molecule has 142 valence electrons. The maximum atomic E-state index is 6.26. The second-order valence-corrected chi connectivity index (χ2v) is 8.03. The fourth-order valence-electron chi connectivity index (χ4n) is 4.47. The lowest BCUT2D eigenvalue weighted by Crippen LogP contribution is -1.94. The smallest absolute Gasteiger partial charge is 0.0619 e. The Hall–Kier alpha value is -3.55. The molecule has 0 radical (unpaired) electrons. The molecule has 0 amide bonds. The number of benzene rings is 5. The molecule has 0 saturated heterocycles. The van der Waals surface area contributed by atoms with Crippen molar-refractivity contribution in [1.82, 2.24) is 4.57 Å². The van der Waals surface area contributed by atoms with E-state index in [-0.39, 0.29) is 0 Å². The molecule has 0 bridgehead atoms. The van der Waals surface area contributed by atoms with Crippen LogP contribution in [0.5, 0.6) is 0 Å². The third-order valence-electron chi connectivity index (χ3n) is 5.83. The van der Waals surface area contributed by atoms with E-state index in [0.717, 1.165) is 21.8 Å². The first-order chi connectivity index (χ1) is 14.8. The molecular formula is C28H18ClN. The second-order valence-electron chi connectivity index (χ2n) is 7.60. The van der Waals surface area contributed by atoms with E-state index in [1.807, 2.05) is 18.2 Å². The largest absolute Gasteiger partial charge is 0.309 e. The SMILES string of the molecule is Clc1cccc(-c2ccc3c4ccc5ccccc5c4n(-c4ccccc4)c3c2)c1. The van der Waals surface area contributed by atoms with Gasteiger partial charge in [0.1, 0.15) is 0 Å². The van der Waals surface area contributed by atoms with E-state index < -0.39 is 0 Å². The molecule has 1 nitrogen and oxygen atoms in total. The summed E-state index contributed by atoms with van der Waals surface area (Å²) < 4.78 is 2.39. The standard InChI is InChI=1S/C28H18ClN/c29-22-9-6-8-20(17-22)21-14-15-25-26-16-13-19-7-4-5-12-24(19)28(26)30(27(25)18-21)23-10-2-1-3-11-23/h1-18H. The highest BCUT2D eigenvalue weighted by molar-refractivity contribution is 6.30. The average Bonchev–Trinajstić information content (AvgIpc) is 3.14. The number of hydrogen-bond acceptors (Lipinski definition) is 0. The van der Waals surface area contributed by atoms with Gasteiger partial charge in [-0.25, -0.2) is 0 Å². The minimum absolute atomic E-state index is 0.752. The third-order valence-corrected chi connectivity index (χ3v) is 6.06. The van der Waals surface area contributed by atoms with Crippen LogP contribution in [0.3, 0.4) is 0 Å². The molecule has 30 heavy (non-hydrogen) atoms. The molecule has 0 N–H and O–H groups in total. The summed E-state index contributed by atoms with van der Waals surface area (Å²) in [5.74, 6) is 0. The summed E-state index contributed by atoms with van der Waals surface area (Å²) >= 11 is 6.26. The van der Waals surface area contributed by atoms with Gasteiger partial charge in [-0.15, -0.1) is 0 Å². The van der Waals surface area contributed by atoms with Gasteiger partial charge in [-0.3, -0.25) is 0 Å². The molecule has 6 rings (SSSR count). The van der Waals surface area contributed by atoms with Gasteiger partial charge in [0.15, 0.2) is 0 Å². The highest BCUT2D eigenvalue weighted by Crippen LogP contribution is 2.38. The van der Waals surface area contributed by atoms with Crippen molar-refractivity contribution in [2.45, 2.75) is 0 Å². The van der Waals surface area contributed by atoms with E-state index in [1.165, 1.54) is 32.6 Å². The van der Waals surface area contributed by atoms with Crippen molar-refractivity contribution in [2.75, 3.05) is 0 Å². The molecule has 0 aliphatic carbocycles. The lowest BCUT2D eigenvalue weighted by atomic mass is 10.0. The van der Waals surface area contributed by atoms with Gasteiger partial charge in [-0.2, -0.15) is 0 Å². The fraction of sp³-hybridized carbons (Fsp3) is 0. The van der Waals surface area contributed by atoms with Gasteiger partial charge < -0.3 is 4.57 Å². The quantitative estimate of drug-likeness (QED) is 0.274. The summed E-state index contributed by atoms with van der Waals surface area (Å²) in [5, 5.41) is 5.79. The van der Waals surface area contributed by atoms with Crippen LogP contribution in [0, 0.1) is 0 Å². The number of para-hydroxylation sites is 1. The van der Waals surface area contributed by atoms with Crippen LogP contribution in [0.2, 0.25) is 5.02 Å². The Balaban J connectivity index is 1.78. The molecule has 0 aliphatic rings. The van der Waals surface area contributed by atoms with Gasteiger partial charge in [0.25, 0.3) is 0 Å². The Morgan fingerprint density at radius 2 is 1.30 bits per heavy atom. The van der Waals surface area contributed by atoms with Crippen LogP contribution in [-0.4, -0.2) is 4.57 Å². The molecule has 0 fully saturated rings. The van der Waals surface area contributed by atoms with Crippen molar-refractivity contribution in [2.24, 2.45) is 0 Å². The van der Waals surface area contributed by atoms with Crippen LogP contribution >= 0.6 is 11.6 Å². The first-order valence-corrected chi connectivity index (χ1v) is 10.4. The van der Waals surface area contributed by atoms with Crippen LogP contribution in [0.25, 0.3) is 49.4 Å². The number of fused-ring (bicyclic) bond motifs is 5. The molecule has 6 aromatic rings. The third kappa shape index (κ3) is 2.63. The number of nitrogens with zero attached hydrogens (tertiary/aromatic N) is 1. The van der Waals surface area contributed by atoms with Gasteiger partial charge in [0.05, 0.1) is 11.0 Å². The van der Waals surface area contributed by atoms with Gasteiger partial charge in [0.2, 0.25) is 0 Å². The summed E-state index contributed by atoms with van der Waals surface area (Å²) in [4.78, 5) is 0. The molecule has 1 aromatic heterocycles. The Morgan fingerprint density at radius 1 is 0.533 bits per heavy atom. The Morgan fingerprint density at radius 3 is 2.17 bits per heavy atom. The predicted octanol–water partition coefficient (Wildman–Crippen LogP) is 8.26. The fourth-order valence-corrected chi connectivity index (χ4v) is 4.66. The first-order valence-electron chi connectivity index (χ1n) is 10.1. The Bertz CT molecular complexity index is 1540. The zero-order valence-electron chi connectivity index (χ0n) is 16.2. The minimum atomic E-state index is 0.752. The summed E-state index contributed by atoms with van der Waals surface area (Å²) in [6.07, 6.45) is 0. The van der Waals surface area contributed by atoms with Crippen molar-refractivity contribution >= 4 is 44.2 Å². The van der Waals surface area contributed by atoms with E-state index in [2.05, 4.69) is 95.6 Å². The lowest BCUT2D eigenvalue weighted by Gasteiger charge is -2.10. The summed E-state index contributed by atoms with van der Waals surface area (Å²) in [5.41, 5.74) is 5.90. The average molecular weight is 404 g/mol. The topological polar surface area (TPSA) is 4.93 Å². The van der Waals surface area contributed by atoms with Crippen molar-refractivity contribution in [3.05, 3.63) is 114 Å². The van der Waals surface area contributed by atoms with E-state index in [0.29, 0.717) is 0 Å². The molecule has 0 saturated carbocycles. The predicted molar refractivity (Wildman–Crippen MR) is 129 cm³/mol. The molecule has 5 aromatic carbocycles. The second kappa shape index (κ2) is 6.76.